The van der Waals surface area contributed by atoms with Gasteiger partial charge in [0.2, 0.25) is 17.7 Å². The normalized spacial score (nSPS) is 24.5. The molecular formula is C23H30F3N7O3. The van der Waals surface area contributed by atoms with E-state index in [1.165, 1.54) is 0 Å². The molecule has 2 aromatic heterocycles. The van der Waals surface area contributed by atoms with Gasteiger partial charge in [0.1, 0.15) is 23.3 Å². The molecule has 1 aliphatic carbocycles. The Morgan fingerprint density at radius 1 is 1.22 bits per heavy atom. The van der Waals surface area contributed by atoms with Gasteiger partial charge in [0.25, 0.3) is 0 Å². The number of ether oxygens (including phenoxy) is 2. The summed E-state index contributed by atoms with van der Waals surface area (Å²) in [5, 5.41) is 15.1. The van der Waals surface area contributed by atoms with Gasteiger partial charge >= 0.3 is 6.18 Å². The van der Waals surface area contributed by atoms with Gasteiger partial charge in [-0.05, 0) is 25.7 Å². The maximum atomic E-state index is 13.4. The van der Waals surface area contributed by atoms with Crippen LogP contribution in [-0.4, -0.2) is 62.0 Å². The number of aryl methyl sites for hydroxylation is 1. The molecule has 2 aromatic rings. The Bertz CT molecular complexity index is 1090. The van der Waals surface area contributed by atoms with E-state index >= 15 is 0 Å². The van der Waals surface area contributed by atoms with Crippen LogP contribution in [0.2, 0.25) is 0 Å². The van der Waals surface area contributed by atoms with E-state index in [1.54, 1.807) is 0 Å². The smallest absolute Gasteiger partial charge is 0.423 e. The molecule has 13 heteroatoms. The van der Waals surface area contributed by atoms with E-state index in [4.69, 9.17) is 9.47 Å². The molecule has 36 heavy (non-hydrogen) atoms. The van der Waals surface area contributed by atoms with Crippen LogP contribution in [0.3, 0.4) is 0 Å². The van der Waals surface area contributed by atoms with Crippen LogP contribution in [0.4, 0.5) is 19.1 Å². The molecule has 2 fully saturated rings. The van der Waals surface area contributed by atoms with Crippen LogP contribution in [0.1, 0.15) is 68.6 Å². The molecule has 1 saturated heterocycles. The molecule has 0 aromatic carbocycles. The summed E-state index contributed by atoms with van der Waals surface area (Å²) in [7, 11) is 0. The van der Waals surface area contributed by atoms with E-state index in [1.807, 2.05) is 6.92 Å². The zero-order valence-electron chi connectivity index (χ0n) is 20.1. The summed E-state index contributed by atoms with van der Waals surface area (Å²) < 4.78 is 52.8. The molecule has 0 spiro atoms. The molecular weight excluding hydrogens is 479 g/mol. The highest BCUT2D eigenvalue weighted by Crippen LogP contribution is 2.37. The Labute approximate surface area is 206 Å². The summed E-state index contributed by atoms with van der Waals surface area (Å²) in [5.74, 6) is 1.62. The Morgan fingerprint density at radius 3 is 2.78 bits per heavy atom. The van der Waals surface area contributed by atoms with E-state index < -0.39 is 23.7 Å². The van der Waals surface area contributed by atoms with Crippen LogP contribution in [0, 0.1) is 0 Å². The molecule has 4 heterocycles. The molecule has 0 radical (unpaired) electrons. The highest BCUT2D eigenvalue weighted by Gasteiger charge is 2.38. The lowest BCUT2D eigenvalue weighted by atomic mass is 9.85. The minimum atomic E-state index is -4.62. The van der Waals surface area contributed by atoms with Gasteiger partial charge in [0.05, 0.1) is 13.2 Å². The zero-order valence-corrected chi connectivity index (χ0v) is 20.1. The highest BCUT2D eigenvalue weighted by molar-refractivity contribution is 5.75. The van der Waals surface area contributed by atoms with E-state index in [0.717, 1.165) is 56.4 Å². The SMILES string of the molecule is CCC(=O)N[C@@H]1CCc2nnc([C@H]3CCC[C@@H](Nc4ncc(C(F)(F)F)c(OC5COC5)n4)C3)n2C1. The van der Waals surface area contributed by atoms with Crippen molar-refractivity contribution in [2.45, 2.75) is 88.7 Å². The van der Waals surface area contributed by atoms with Gasteiger partial charge in [0.15, 0.2) is 0 Å². The highest BCUT2D eigenvalue weighted by atomic mass is 19.4. The number of anilines is 1. The number of nitrogens with one attached hydrogen (secondary N) is 2. The molecule has 0 unspecified atom stereocenters. The third-order valence-corrected chi connectivity index (χ3v) is 6.98. The van der Waals surface area contributed by atoms with Crippen molar-refractivity contribution in [2.24, 2.45) is 0 Å². The van der Waals surface area contributed by atoms with Crippen LogP contribution in [0.25, 0.3) is 0 Å². The second kappa shape index (κ2) is 10.2. The van der Waals surface area contributed by atoms with Crippen molar-refractivity contribution in [3.63, 3.8) is 0 Å². The fourth-order valence-corrected chi connectivity index (χ4v) is 5.00. The number of hydrogen-bond donors (Lipinski definition) is 2. The third-order valence-electron chi connectivity index (χ3n) is 6.98. The lowest BCUT2D eigenvalue weighted by Crippen LogP contribution is -2.41. The molecule has 10 nitrogen and oxygen atoms in total. The summed E-state index contributed by atoms with van der Waals surface area (Å²) in [6.45, 7) is 2.95. The molecule has 0 bridgehead atoms. The Hall–Kier alpha value is -2.96. The lowest BCUT2D eigenvalue weighted by molar-refractivity contribution is -0.142. The first-order valence-corrected chi connectivity index (χ1v) is 12.5. The molecule has 196 valence electrons. The fourth-order valence-electron chi connectivity index (χ4n) is 5.00. The number of fused-ring (bicyclic) bond motifs is 1. The van der Waals surface area contributed by atoms with Gasteiger partial charge in [-0.15, -0.1) is 10.2 Å². The number of hydrogen-bond acceptors (Lipinski definition) is 8. The first-order chi connectivity index (χ1) is 17.3. The zero-order chi connectivity index (χ0) is 25.3. The van der Waals surface area contributed by atoms with Crippen molar-refractivity contribution in [1.29, 1.82) is 0 Å². The summed E-state index contributed by atoms with van der Waals surface area (Å²) in [5.41, 5.74) is -0.999. The maximum Gasteiger partial charge on any atom is 0.423 e. The van der Waals surface area contributed by atoms with Gasteiger partial charge in [-0.2, -0.15) is 18.2 Å². The van der Waals surface area contributed by atoms with E-state index in [9.17, 15) is 18.0 Å². The fraction of sp³-hybridized carbons (Fsp3) is 0.696. The Morgan fingerprint density at radius 2 is 2.06 bits per heavy atom. The third kappa shape index (κ3) is 5.40. The van der Waals surface area contributed by atoms with Crippen LogP contribution in [-0.2, 0) is 28.7 Å². The van der Waals surface area contributed by atoms with E-state index in [2.05, 4.69) is 35.4 Å². The molecule has 3 atom stereocenters. The van der Waals surface area contributed by atoms with Crippen molar-refractivity contribution in [3.05, 3.63) is 23.4 Å². The summed E-state index contributed by atoms with van der Waals surface area (Å²) in [6.07, 6.45) is 1.16. The minimum absolute atomic E-state index is 0.0322. The largest absolute Gasteiger partial charge is 0.469 e. The van der Waals surface area contributed by atoms with Crippen LogP contribution in [0.15, 0.2) is 6.20 Å². The average molecular weight is 510 g/mol. The predicted molar refractivity (Wildman–Crippen MR) is 121 cm³/mol. The van der Waals surface area contributed by atoms with Gasteiger partial charge in [0, 0.05) is 43.6 Å². The summed E-state index contributed by atoms with van der Waals surface area (Å²) >= 11 is 0. The molecule has 1 saturated carbocycles. The van der Waals surface area contributed by atoms with Crippen molar-refractivity contribution in [2.75, 3.05) is 18.5 Å². The lowest BCUT2D eigenvalue weighted by Gasteiger charge is -2.31. The number of nitrogens with zero attached hydrogens (tertiary/aromatic N) is 5. The van der Waals surface area contributed by atoms with Gasteiger partial charge in [-0.25, -0.2) is 4.98 Å². The van der Waals surface area contributed by atoms with Gasteiger partial charge in [-0.1, -0.05) is 13.3 Å². The Kier molecular flexibility index (Phi) is 7.00. The Balaban J connectivity index is 1.28. The van der Waals surface area contributed by atoms with Crippen LogP contribution in [0.5, 0.6) is 5.88 Å². The molecule has 3 aliphatic rings. The molecule has 5 rings (SSSR count). The number of rotatable bonds is 7. The van der Waals surface area contributed by atoms with Crippen molar-refractivity contribution >= 4 is 11.9 Å². The second-order valence-corrected chi connectivity index (χ2v) is 9.63. The average Bonchev–Trinajstić information content (AvgIpc) is 3.24. The predicted octanol–water partition coefficient (Wildman–Crippen LogP) is 2.84. The maximum absolute atomic E-state index is 13.4. The first kappa shape index (κ1) is 24.7. The first-order valence-electron chi connectivity index (χ1n) is 12.5. The standard InChI is InChI=1S/C23H30F3N7O3/c1-2-19(34)28-15-6-7-18-31-32-20(33(18)10-15)13-4-3-5-14(8-13)29-22-27-9-17(23(24,25)26)21(30-22)36-16-11-35-12-16/h9,13-16H,2-8,10-12H2,1H3,(H,28,34)(H,27,29,30)/t13-,14+,15+/m0/s1. The van der Waals surface area contributed by atoms with E-state index in [-0.39, 0.29) is 43.1 Å². The van der Waals surface area contributed by atoms with Crippen LogP contribution >= 0.6 is 0 Å². The second-order valence-electron chi connectivity index (χ2n) is 9.63. The summed E-state index contributed by atoms with van der Waals surface area (Å²) in [4.78, 5) is 19.9. The number of carbonyl (C=O) groups excluding carboxylic acids is 1. The molecule has 1 amide bonds. The monoisotopic (exact) mass is 509 g/mol. The van der Waals surface area contributed by atoms with Gasteiger partial charge < -0.3 is 24.7 Å². The topological polar surface area (TPSA) is 116 Å². The number of amides is 1. The van der Waals surface area contributed by atoms with E-state index in [0.29, 0.717) is 13.0 Å². The van der Waals surface area contributed by atoms with Crippen molar-refractivity contribution < 1.29 is 27.4 Å². The van der Waals surface area contributed by atoms with Crippen molar-refractivity contribution in [1.82, 2.24) is 30.0 Å². The number of alkyl halides is 3. The molecule has 2 N–H and O–H groups in total. The van der Waals surface area contributed by atoms with Crippen molar-refractivity contribution in [3.8, 4) is 5.88 Å². The quantitative estimate of drug-likeness (QED) is 0.586. The number of carbonyl (C=O) groups is 1. The summed E-state index contributed by atoms with van der Waals surface area (Å²) in [6, 6.07) is 0.0183. The number of aromatic nitrogens is 5. The minimum Gasteiger partial charge on any atom is -0.469 e. The van der Waals surface area contributed by atoms with Gasteiger partial charge in [-0.3, -0.25) is 4.79 Å². The van der Waals surface area contributed by atoms with Crippen LogP contribution < -0.4 is 15.4 Å². The number of halogens is 3. The molecule has 2 aliphatic heterocycles.